The van der Waals surface area contributed by atoms with Gasteiger partial charge in [0.15, 0.2) is 0 Å². The van der Waals surface area contributed by atoms with Crippen molar-refractivity contribution in [2.75, 3.05) is 43.4 Å². The van der Waals surface area contributed by atoms with Gasteiger partial charge < -0.3 is 20.1 Å². The van der Waals surface area contributed by atoms with Gasteiger partial charge in [0.05, 0.1) is 46.7 Å². The van der Waals surface area contributed by atoms with E-state index >= 15 is 0 Å². The predicted molar refractivity (Wildman–Crippen MR) is 145 cm³/mol. The van der Waals surface area contributed by atoms with Gasteiger partial charge in [0, 0.05) is 54.6 Å². The Morgan fingerprint density at radius 3 is 2.59 bits per heavy atom. The van der Waals surface area contributed by atoms with Crippen LogP contribution in [0.3, 0.4) is 0 Å². The van der Waals surface area contributed by atoms with Crippen LogP contribution >= 0.6 is 0 Å². The lowest BCUT2D eigenvalue weighted by Crippen LogP contribution is -2.44. The summed E-state index contributed by atoms with van der Waals surface area (Å²) in [6.07, 6.45) is 9.31. The Bertz CT molecular complexity index is 1620. The first-order chi connectivity index (χ1) is 18.1. The smallest absolute Gasteiger partial charge is 0.227 e. The minimum atomic E-state index is 0.0794. The van der Waals surface area contributed by atoms with Crippen LogP contribution in [-0.4, -0.2) is 69.2 Å². The minimum absolute atomic E-state index is 0.0794. The number of amides is 1. The second-order valence-corrected chi connectivity index (χ2v) is 10.2. The number of nitrogens with zero attached hydrogens (tertiary/aromatic N) is 5. The van der Waals surface area contributed by atoms with Crippen LogP contribution in [-0.2, 0) is 4.79 Å². The number of carbonyl (C=O) groups excluding carboxylic acids is 1. The van der Waals surface area contributed by atoms with E-state index in [-0.39, 0.29) is 11.8 Å². The molecule has 4 aromatic heterocycles. The van der Waals surface area contributed by atoms with Crippen LogP contribution in [0.15, 0.2) is 55.1 Å². The van der Waals surface area contributed by atoms with E-state index in [2.05, 4.69) is 65.5 Å². The molecule has 37 heavy (non-hydrogen) atoms. The highest BCUT2D eigenvalue weighted by molar-refractivity contribution is 6.01. The van der Waals surface area contributed by atoms with Crippen molar-refractivity contribution in [2.24, 2.45) is 5.92 Å². The normalized spacial score (nSPS) is 16.5. The molecule has 1 saturated carbocycles. The molecule has 9 heteroatoms. The molecule has 7 rings (SSSR count). The summed E-state index contributed by atoms with van der Waals surface area (Å²) < 4.78 is 0. The third-order valence-electron chi connectivity index (χ3n) is 7.47. The third-order valence-corrected chi connectivity index (χ3v) is 7.47. The Hall–Kier alpha value is -4.24. The molecule has 9 nitrogen and oxygen atoms in total. The molecule has 1 amide bonds. The van der Waals surface area contributed by atoms with E-state index in [4.69, 9.17) is 0 Å². The van der Waals surface area contributed by atoms with Crippen LogP contribution in [0.25, 0.3) is 44.3 Å². The molecule has 0 unspecified atom stereocenters. The summed E-state index contributed by atoms with van der Waals surface area (Å²) >= 11 is 0. The summed E-state index contributed by atoms with van der Waals surface area (Å²) in [5.74, 6) is 0.229. The molecule has 0 bridgehead atoms. The van der Waals surface area contributed by atoms with Gasteiger partial charge in [0.1, 0.15) is 5.69 Å². The standard InChI is InChI=1S/C28H28N8O/c1-35-6-8-36(9-7-35)26-16-30-15-25-21(26)12-24(32-25)27-22-11-18(4-5-23(22)33-34-27)19-10-20(14-29-13-19)31-28(37)17-2-3-17/h4-5,10-17,32H,2-3,6-9H2,1H3,(H,31,37)(H,33,34). The average molecular weight is 493 g/mol. The van der Waals surface area contributed by atoms with Crippen molar-refractivity contribution in [2.45, 2.75) is 12.8 Å². The molecule has 0 atom stereocenters. The van der Waals surface area contributed by atoms with Gasteiger partial charge in [-0.3, -0.25) is 19.9 Å². The van der Waals surface area contributed by atoms with Crippen molar-refractivity contribution in [3.63, 3.8) is 0 Å². The molecular weight excluding hydrogens is 464 g/mol. The second kappa shape index (κ2) is 8.70. The Labute approximate surface area is 213 Å². The van der Waals surface area contributed by atoms with Crippen LogP contribution in [0, 0.1) is 5.92 Å². The van der Waals surface area contributed by atoms with Crippen molar-refractivity contribution in [3.05, 3.63) is 55.1 Å². The maximum Gasteiger partial charge on any atom is 0.227 e. The van der Waals surface area contributed by atoms with Gasteiger partial charge in [-0.1, -0.05) is 6.07 Å². The lowest BCUT2D eigenvalue weighted by Gasteiger charge is -2.34. The number of benzene rings is 1. The maximum absolute atomic E-state index is 12.2. The summed E-state index contributed by atoms with van der Waals surface area (Å²) in [4.78, 5) is 29.4. The number of piperazine rings is 1. The molecule has 1 aliphatic heterocycles. The lowest BCUT2D eigenvalue weighted by molar-refractivity contribution is -0.117. The van der Waals surface area contributed by atoms with Crippen molar-refractivity contribution >= 4 is 39.1 Å². The zero-order chi connectivity index (χ0) is 24.9. The van der Waals surface area contributed by atoms with Crippen LogP contribution in [0.4, 0.5) is 11.4 Å². The number of nitrogens with one attached hydrogen (secondary N) is 3. The van der Waals surface area contributed by atoms with Crippen LogP contribution < -0.4 is 10.2 Å². The van der Waals surface area contributed by atoms with Crippen LogP contribution in [0.2, 0.25) is 0 Å². The van der Waals surface area contributed by atoms with E-state index < -0.39 is 0 Å². The first-order valence-corrected chi connectivity index (χ1v) is 12.8. The van der Waals surface area contributed by atoms with Crippen LogP contribution in [0.5, 0.6) is 0 Å². The van der Waals surface area contributed by atoms with Gasteiger partial charge in [-0.15, -0.1) is 0 Å². The number of fused-ring (bicyclic) bond motifs is 2. The zero-order valence-electron chi connectivity index (χ0n) is 20.7. The lowest BCUT2D eigenvalue weighted by atomic mass is 10.0. The molecule has 0 spiro atoms. The Morgan fingerprint density at radius 1 is 0.919 bits per heavy atom. The summed E-state index contributed by atoms with van der Waals surface area (Å²) in [5, 5.41) is 13.0. The first kappa shape index (κ1) is 22.0. The van der Waals surface area contributed by atoms with Crippen molar-refractivity contribution < 1.29 is 4.79 Å². The molecule has 3 N–H and O–H groups in total. The summed E-state index contributed by atoms with van der Waals surface area (Å²) in [6, 6.07) is 10.4. The monoisotopic (exact) mass is 492 g/mol. The van der Waals surface area contributed by atoms with Crippen LogP contribution in [0.1, 0.15) is 12.8 Å². The number of carbonyl (C=O) groups is 1. The fourth-order valence-electron chi connectivity index (χ4n) is 5.12. The van der Waals surface area contributed by atoms with Crippen molar-refractivity contribution in [1.82, 2.24) is 30.0 Å². The number of aromatic amines is 2. The Morgan fingerprint density at radius 2 is 1.76 bits per heavy atom. The number of pyridine rings is 2. The van der Waals surface area contributed by atoms with Gasteiger partial charge in [-0.2, -0.15) is 5.10 Å². The number of hydrogen-bond donors (Lipinski definition) is 3. The van der Waals surface area contributed by atoms with Gasteiger partial charge in [0.2, 0.25) is 5.91 Å². The highest BCUT2D eigenvalue weighted by Crippen LogP contribution is 2.35. The van der Waals surface area contributed by atoms with E-state index in [1.807, 2.05) is 30.7 Å². The summed E-state index contributed by atoms with van der Waals surface area (Å²) in [7, 11) is 2.16. The molecule has 1 saturated heterocycles. The average Bonchev–Trinajstić information content (AvgIpc) is 3.55. The van der Waals surface area contributed by atoms with E-state index in [9.17, 15) is 4.79 Å². The topological polar surface area (TPSA) is 106 Å². The summed E-state index contributed by atoms with van der Waals surface area (Å²) in [6.45, 7) is 4.06. The number of rotatable bonds is 5. The SMILES string of the molecule is CN1CCN(c2cncc3[nH]c(-c4n[nH]c5ccc(-c6cncc(NC(=O)C7CC7)c6)cc45)cc23)CC1. The van der Waals surface area contributed by atoms with Gasteiger partial charge in [-0.25, -0.2) is 0 Å². The van der Waals surface area contributed by atoms with E-state index in [0.29, 0.717) is 0 Å². The van der Waals surface area contributed by atoms with E-state index in [1.165, 1.54) is 0 Å². The van der Waals surface area contributed by atoms with Gasteiger partial charge in [0.25, 0.3) is 0 Å². The quantitative estimate of drug-likeness (QED) is 0.338. The van der Waals surface area contributed by atoms with Gasteiger partial charge in [-0.05, 0) is 49.7 Å². The molecule has 1 aromatic carbocycles. The van der Waals surface area contributed by atoms with Crippen molar-refractivity contribution in [1.29, 1.82) is 0 Å². The maximum atomic E-state index is 12.2. The molecule has 2 fully saturated rings. The molecular formula is C28H28N8O. The number of hydrogen-bond acceptors (Lipinski definition) is 6. The number of aromatic nitrogens is 5. The molecule has 2 aliphatic rings. The Kier molecular flexibility index (Phi) is 5.17. The largest absolute Gasteiger partial charge is 0.367 e. The molecule has 0 radical (unpaired) electrons. The molecule has 186 valence electrons. The van der Waals surface area contributed by atoms with Gasteiger partial charge >= 0.3 is 0 Å². The second-order valence-electron chi connectivity index (χ2n) is 10.2. The number of likely N-dealkylation sites (N-methyl/N-ethyl adjacent to an activating group) is 1. The third kappa shape index (κ3) is 4.11. The van der Waals surface area contributed by atoms with E-state index in [1.54, 1.807) is 6.20 Å². The van der Waals surface area contributed by atoms with Crippen molar-refractivity contribution in [3.8, 4) is 22.5 Å². The van der Waals surface area contributed by atoms with E-state index in [0.717, 1.165) is 94.7 Å². The molecule has 1 aliphatic carbocycles. The predicted octanol–water partition coefficient (Wildman–Crippen LogP) is 4.27. The zero-order valence-corrected chi connectivity index (χ0v) is 20.7. The molecule has 5 heterocycles. The highest BCUT2D eigenvalue weighted by atomic mass is 16.2. The summed E-state index contributed by atoms with van der Waals surface area (Å²) in [5.41, 5.74) is 7.62. The minimum Gasteiger partial charge on any atom is -0.367 e. The Balaban J connectivity index is 1.24. The fraction of sp³-hybridized carbons (Fsp3) is 0.286. The first-order valence-electron chi connectivity index (χ1n) is 12.8. The number of H-pyrrole nitrogens is 2. The highest BCUT2D eigenvalue weighted by Gasteiger charge is 2.29. The number of anilines is 2. The fourth-order valence-corrected chi connectivity index (χ4v) is 5.12. The molecule has 5 aromatic rings.